The zero-order valence-corrected chi connectivity index (χ0v) is 11.7. The lowest BCUT2D eigenvalue weighted by molar-refractivity contribution is 0.184. The summed E-state index contributed by atoms with van der Waals surface area (Å²) in [5, 5.41) is 0. The van der Waals surface area contributed by atoms with Gasteiger partial charge < -0.3 is 14.0 Å². The Labute approximate surface area is 114 Å². The molecule has 0 bridgehead atoms. The minimum absolute atomic E-state index is 0.629. The van der Waals surface area contributed by atoms with E-state index in [1.54, 1.807) is 7.11 Å². The molecule has 0 aliphatic carbocycles. The molecular formula is C15H21N3O. The first-order valence-corrected chi connectivity index (χ1v) is 6.99. The third-order valence-electron chi connectivity index (χ3n) is 4.08. The van der Waals surface area contributed by atoms with E-state index in [0.717, 1.165) is 23.5 Å². The van der Waals surface area contributed by atoms with Gasteiger partial charge in [-0.3, -0.25) is 0 Å². The maximum atomic E-state index is 5.36. The highest BCUT2D eigenvalue weighted by molar-refractivity contribution is 5.54. The molecule has 1 saturated heterocycles. The zero-order chi connectivity index (χ0) is 13.2. The minimum Gasteiger partial charge on any atom is -0.493 e. The number of fused-ring (bicyclic) bond motifs is 1. The van der Waals surface area contributed by atoms with Gasteiger partial charge in [-0.05, 0) is 38.6 Å². The average molecular weight is 259 g/mol. The molecule has 102 valence electrons. The van der Waals surface area contributed by atoms with E-state index in [2.05, 4.69) is 22.5 Å². The summed E-state index contributed by atoms with van der Waals surface area (Å²) < 4.78 is 7.41. The molecule has 0 radical (unpaired) electrons. The number of hydrogen-bond acceptors (Lipinski definition) is 3. The van der Waals surface area contributed by atoms with Crippen LogP contribution >= 0.6 is 0 Å². The van der Waals surface area contributed by atoms with Crippen LogP contribution in [0.4, 0.5) is 0 Å². The van der Waals surface area contributed by atoms with Crippen molar-refractivity contribution >= 4 is 5.65 Å². The van der Waals surface area contributed by atoms with Crippen molar-refractivity contribution in [3.63, 3.8) is 0 Å². The lowest BCUT2D eigenvalue weighted by atomic mass is 9.99. The molecule has 2 aromatic heterocycles. The maximum absolute atomic E-state index is 5.36. The fraction of sp³-hybridized carbons (Fsp3) is 0.533. The molecule has 19 heavy (non-hydrogen) atoms. The molecule has 1 unspecified atom stereocenters. The second-order valence-corrected chi connectivity index (χ2v) is 5.37. The SMILES string of the molecule is COc1cccn2cc(CC3CCCCN3C)nc12. The standard InChI is InChI=1S/C15H21N3O/c1-17-8-4-3-6-13(17)10-12-11-18-9-5-7-14(19-2)15(18)16-12/h5,7,9,11,13H,3-4,6,8,10H2,1-2H3. The van der Waals surface area contributed by atoms with Crippen LogP contribution in [0.15, 0.2) is 24.5 Å². The Bertz CT molecular complexity index is 564. The van der Waals surface area contributed by atoms with Crippen LogP contribution in [0, 0.1) is 0 Å². The Balaban J connectivity index is 1.85. The van der Waals surface area contributed by atoms with Crippen LogP contribution in [0.5, 0.6) is 5.75 Å². The lowest BCUT2D eigenvalue weighted by Gasteiger charge is -2.31. The van der Waals surface area contributed by atoms with Gasteiger partial charge in [0.15, 0.2) is 11.4 Å². The Hall–Kier alpha value is -1.55. The molecular weight excluding hydrogens is 238 g/mol. The highest BCUT2D eigenvalue weighted by Gasteiger charge is 2.20. The second-order valence-electron chi connectivity index (χ2n) is 5.37. The number of imidazole rings is 1. The zero-order valence-electron chi connectivity index (χ0n) is 11.7. The number of aromatic nitrogens is 2. The number of likely N-dealkylation sites (tertiary alicyclic amines) is 1. The van der Waals surface area contributed by atoms with E-state index in [-0.39, 0.29) is 0 Å². The van der Waals surface area contributed by atoms with Crippen molar-refractivity contribution in [2.24, 2.45) is 0 Å². The van der Waals surface area contributed by atoms with Crippen LogP contribution in [0.1, 0.15) is 25.0 Å². The van der Waals surface area contributed by atoms with E-state index < -0.39 is 0 Å². The largest absolute Gasteiger partial charge is 0.493 e. The first-order chi connectivity index (χ1) is 9.28. The molecule has 0 aromatic carbocycles. The van der Waals surface area contributed by atoms with Gasteiger partial charge in [0.2, 0.25) is 0 Å². The van der Waals surface area contributed by atoms with E-state index in [4.69, 9.17) is 9.72 Å². The van der Waals surface area contributed by atoms with Crippen molar-refractivity contribution in [3.05, 3.63) is 30.2 Å². The van der Waals surface area contributed by atoms with Gasteiger partial charge in [0.25, 0.3) is 0 Å². The predicted octanol–water partition coefficient (Wildman–Crippen LogP) is 2.37. The third kappa shape index (κ3) is 2.45. The van der Waals surface area contributed by atoms with Crippen molar-refractivity contribution in [2.45, 2.75) is 31.7 Å². The fourth-order valence-electron chi connectivity index (χ4n) is 2.94. The number of nitrogens with zero attached hydrogens (tertiary/aromatic N) is 3. The molecule has 0 amide bonds. The molecule has 1 atom stereocenters. The van der Waals surface area contributed by atoms with Crippen LogP contribution < -0.4 is 4.74 Å². The van der Waals surface area contributed by atoms with E-state index in [9.17, 15) is 0 Å². The smallest absolute Gasteiger partial charge is 0.179 e. The Morgan fingerprint density at radius 1 is 1.42 bits per heavy atom. The van der Waals surface area contributed by atoms with Crippen LogP contribution in [-0.2, 0) is 6.42 Å². The van der Waals surface area contributed by atoms with Gasteiger partial charge in [0.1, 0.15) is 0 Å². The Kier molecular flexibility index (Phi) is 3.42. The fourth-order valence-corrected chi connectivity index (χ4v) is 2.94. The van der Waals surface area contributed by atoms with Gasteiger partial charge in [0.05, 0.1) is 12.8 Å². The van der Waals surface area contributed by atoms with Crippen molar-refractivity contribution in [1.82, 2.24) is 14.3 Å². The predicted molar refractivity (Wildman–Crippen MR) is 75.7 cm³/mol. The summed E-state index contributed by atoms with van der Waals surface area (Å²) in [6.45, 7) is 1.21. The van der Waals surface area contributed by atoms with Crippen LogP contribution in [0.3, 0.4) is 0 Å². The van der Waals surface area contributed by atoms with Crippen LogP contribution in [0.2, 0.25) is 0 Å². The number of piperidine rings is 1. The molecule has 4 nitrogen and oxygen atoms in total. The van der Waals surface area contributed by atoms with Gasteiger partial charge in [-0.25, -0.2) is 4.98 Å². The number of pyridine rings is 1. The van der Waals surface area contributed by atoms with Crippen LogP contribution in [0.25, 0.3) is 5.65 Å². The molecule has 2 aromatic rings. The van der Waals surface area contributed by atoms with Gasteiger partial charge >= 0.3 is 0 Å². The van der Waals surface area contributed by atoms with E-state index in [1.165, 1.54) is 25.8 Å². The summed E-state index contributed by atoms with van der Waals surface area (Å²) in [4.78, 5) is 7.19. The first-order valence-electron chi connectivity index (χ1n) is 6.99. The van der Waals surface area contributed by atoms with E-state index >= 15 is 0 Å². The molecule has 0 N–H and O–H groups in total. The molecule has 4 heteroatoms. The van der Waals surface area contributed by atoms with E-state index in [0.29, 0.717) is 6.04 Å². The summed E-state index contributed by atoms with van der Waals surface area (Å²) in [6, 6.07) is 4.58. The Morgan fingerprint density at radius 3 is 3.11 bits per heavy atom. The monoisotopic (exact) mass is 259 g/mol. The minimum atomic E-state index is 0.629. The van der Waals surface area contributed by atoms with Gasteiger partial charge in [0, 0.05) is 24.9 Å². The van der Waals surface area contributed by atoms with E-state index in [1.807, 2.05) is 18.3 Å². The van der Waals surface area contributed by atoms with Crippen molar-refractivity contribution < 1.29 is 4.74 Å². The van der Waals surface area contributed by atoms with Gasteiger partial charge in [-0.1, -0.05) is 6.42 Å². The number of hydrogen-bond donors (Lipinski definition) is 0. The normalized spacial score (nSPS) is 20.8. The molecule has 0 saturated carbocycles. The van der Waals surface area contributed by atoms with Crippen LogP contribution in [-0.4, -0.2) is 41.0 Å². The third-order valence-corrected chi connectivity index (χ3v) is 4.08. The average Bonchev–Trinajstić information content (AvgIpc) is 2.83. The second kappa shape index (κ2) is 5.21. The molecule has 3 heterocycles. The maximum Gasteiger partial charge on any atom is 0.179 e. The van der Waals surface area contributed by atoms with Crippen molar-refractivity contribution in [3.8, 4) is 5.75 Å². The summed E-state index contributed by atoms with van der Waals surface area (Å²) in [5.74, 6) is 0.839. The molecule has 1 fully saturated rings. The number of ether oxygens (including phenoxy) is 1. The van der Waals surface area contributed by atoms with Crippen molar-refractivity contribution in [1.29, 1.82) is 0 Å². The first kappa shape index (κ1) is 12.5. The van der Waals surface area contributed by atoms with Gasteiger partial charge in [-0.15, -0.1) is 0 Å². The highest BCUT2D eigenvalue weighted by Crippen LogP contribution is 2.22. The molecule has 0 spiro atoms. The number of rotatable bonds is 3. The summed E-state index contributed by atoms with van der Waals surface area (Å²) in [7, 11) is 3.92. The molecule has 3 rings (SSSR count). The topological polar surface area (TPSA) is 29.8 Å². The van der Waals surface area contributed by atoms with Crippen molar-refractivity contribution in [2.75, 3.05) is 20.7 Å². The number of likely N-dealkylation sites (N-methyl/N-ethyl adjacent to an activating group) is 1. The summed E-state index contributed by atoms with van der Waals surface area (Å²) in [5.41, 5.74) is 2.07. The highest BCUT2D eigenvalue weighted by atomic mass is 16.5. The summed E-state index contributed by atoms with van der Waals surface area (Å²) in [6.07, 6.45) is 9.12. The summed E-state index contributed by atoms with van der Waals surface area (Å²) >= 11 is 0. The Morgan fingerprint density at radius 2 is 2.32 bits per heavy atom. The molecule has 1 aliphatic rings. The van der Waals surface area contributed by atoms with Gasteiger partial charge in [-0.2, -0.15) is 0 Å². The number of methoxy groups -OCH3 is 1. The quantitative estimate of drug-likeness (QED) is 0.847. The lowest BCUT2D eigenvalue weighted by Crippen LogP contribution is -2.37. The molecule has 1 aliphatic heterocycles.